The molecule has 0 aliphatic rings. The molecule has 0 aromatic heterocycles. The molecule has 0 aliphatic carbocycles. The van der Waals surface area contributed by atoms with Crippen molar-refractivity contribution >= 4 is 17.4 Å². The molecule has 6 heteroatoms. The van der Waals surface area contributed by atoms with Crippen LogP contribution in [0.3, 0.4) is 0 Å². The van der Waals surface area contributed by atoms with Gasteiger partial charge in [-0.1, -0.05) is 0 Å². The average molecular weight is 357 g/mol. The third-order valence-electron chi connectivity index (χ3n) is 3.75. The fourth-order valence-electron chi connectivity index (χ4n) is 2.35. The van der Waals surface area contributed by atoms with E-state index in [0.717, 1.165) is 0 Å². The second kappa shape index (κ2) is 9.46. The molecular weight excluding hydrogens is 334 g/mol. The van der Waals surface area contributed by atoms with E-state index in [4.69, 9.17) is 14.2 Å². The summed E-state index contributed by atoms with van der Waals surface area (Å²) in [5, 5.41) is 2.82. The third-order valence-corrected chi connectivity index (χ3v) is 3.75. The topological polar surface area (TPSA) is 73.9 Å². The van der Waals surface area contributed by atoms with Gasteiger partial charge in [-0.2, -0.15) is 0 Å². The molecule has 2 aromatic rings. The lowest BCUT2D eigenvalue weighted by atomic mass is 10.1. The Hall–Kier alpha value is -3.02. The van der Waals surface area contributed by atoms with Crippen molar-refractivity contribution in [3.05, 3.63) is 48.0 Å². The van der Waals surface area contributed by atoms with Crippen molar-refractivity contribution in [3.8, 4) is 17.2 Å². The van der Waals surface area contributed by atoms with Gasteiger partial charge < -0.3 is 19.5 Å². The fraction of sp³-hybridized carbons (Fsp3) is 0.300. The normalized spacial score (nSPS) is 10.1. The SMILES string of the molecule is COc1ccc(NC(=O)CCCOc2ccc(C(C)=O)cc2)cc1OC. The molecule has 1 amide bonds. The van der Waals surface area contributed by atoms with Gasteiger partial charge in [0.1, 0.15) is 5.75 Å². The predicted octanol–water partition coefficient (Wildman–Crippen LogP) is 3.70. The molecule has 6 nitrogen and oxygen atoms in total. The molecule has 0 unspecified atom stereocenters. The Labute approximate surface area is 153 Å². The average Bonchev–Trinajstić information content (AvgIpc) is 2.65. The van der Waals surface area contributed by atoms with E-state index in [1.165, 1.54) is 6.92 Å². The van der Waals surface area contributed by atoms with Gasteiger partial charge in [-0.15, -0.1) is 0 Å². The van der Waals surface area contributed by atoms with Gasteiger partial charge in [0.15, 0.2) is 17.3 Å². The first-order chi connectivity index (χ1) is 12.5. The number of ether oxygens (including phenoxy) is 3. The number of carbonyl (C=O) groups is 2. The Morgan fingerprint density at radius 2 is 1.65 bits per heavy atom. The van der Waals surface area contributed by atoms with Crippen molar-refractivity contribution in [1.29, 1.82) is 0 Å². The molecule has 0 aliphatic heterocycles. The number of ketones is 1. The summed E-state index contributed by atoms with van der Waals surface area (Å²) in [6.45, 7) is 1.94. The van der Waals surface area contributed by atoms with Gasteiger partial charge >= 0.3 is 0 Å². The van der Waals surface area contributed by atoms with Crippen molar-refractivity contribution in [3.63, 3.8) is 0 Å². The minimum atomic E-state index is -0.104. The van der Waals surface area contributed by atoms with Gasteiger partial charge in [0, 0.05) is 23.7 Å². The van der Waals surface area contributed by atoms with Gasteiger partial charge in [0.2, 0.25) is 5.91 Å². The third kappa shape index (κ3) is 5.51. The highest BCUT2D eigenvalue weighted by atomic mass is 16.5. The number of methoxy groups -OCH3 is 2. The summed E-state index contributed by atoms with van der Waals surface area (Å²) in [5.41, 5.74) is 1.29. The van der Waals surface area contributed by atoms with Crippen LogP contribution in [0, 0.1) is 0 Å². The van der Waals surface area contributed by atoms with Crippen LogP contribution in [0.15, 0.2) is 42.5 Å². The largest absolute Gasteiger partial charge is 0.494 e. The van der Waals surface area contributed by atoms with Crippen LogP contribution in [0.2, 0.25) is 0 Å². The molecule has 26 heavy (non-hydrogen) atoms. The van der Waals surface area contributed by atoms with Gasteiger partial charge in [0.05, 0.1) is 20.8 Å². The Kier molecular flexibility index (Phi) is 7.02. The molecule has 0 fully saturated rings. The highest BCUT2D eigenvalue weighted by molar-refractivity contribution is 5.94. The summed E-state index contributed by atoms with van der Waals surface area (Å²) in [7, 11) is 3.10. The molecule has 2 aromatic carbocycles. The number of carbonyl (C=O) groups excluding carboxylic acids is 2. The zero-order valence-corrected chi connectivity index (χ0v) is 15.2. The Morgan fingerprint density at radius 3 is 2.27 bits per heavy atom. The standard InChI is InChI=1S/C20H23NO5/c1-14(22)15-6-9-17(10-7-15)26-12-4-5-20(23)21-16-8-11-18(24-2)19(13-16)25-3/h6-11,13H,4-5,12H2,1-3H3,(H,21,23). The number of nitrogens with one attached hydrogen (secondary N) is 1. The number of hydrogen-bond acceptors (Lipinski definition) is 5. The molecule has 0 spiro atoms. The van der Waals surface area contributed by atoms with Gasteiger partial charge in [-0.05, 0) is 49.7 Å². The van der Waals surface area contributed by atoms with Crippen LogP contribution in [0.1, 0.15) is 30.1 Å². The highest BCUT2D eigenvalue weighted by Crippen LogP contribution is 2.29. The zero-order valence-electron chi connectivity index (χ0n) is 15.2. The molecule has 2 rings (SSSR count). The van der Waals surface area contributed by atoms with E-state index in [2.05, 4.69) is 5.32 Å². The van der Waals surface area contributed by atoms with Crippen molar-refractivity contribution in [2.24, 2.45) is 0 Å². The van der Waals surface area contributed by atoms with E-state index >= 15 is 0 Å². The second-order valence-corrected chi connectivity index (χ2v) is 5.65. The van der Waals surface area contributed by atoms with Gasteiger partial charge in [0.25, 0.3) is 0 Å². The fourth-order valence-corrected chi connectivity index (χ4v) is 2.35. The maximum absolute atomic E-state index is 12.0. The number of rotatable bonds is 9. The van der Waals surface area contributed by atoms with Crippen molar-refractivity contribution in [1.82, 2.24) is 0 Å². The molecule has 0 saturated heterocycles. The lowest BCUT2D eigenvalue weighted by Gasteiger charge is -2.11. The van der Waals surface area contributed by atoms with Crippen LogP contribution in [0.5, 0.6) is 17.2 Å². The van der Waals surface area contributed by atoms with E-state index in [0.29, 0.717) is 47.9 Å². The van der Waals surface area contributed by atoms with Crippen LogP contribution in [0.25, 0.3) is 0 Å². The molecule has 0 heterocycles. The van der Waals surface area contributed by atoms with Crippen LogP contribution in [0.4, 0.5) is 5.69 Å². The van der Waals surface area contributed by atoms with Gasteiger partial charge in [-0.25, -0.2) is 0 Å². The van der Waals surface area contributed by atoms with Crippen molar-refractivity contribution in [2.45, 2.75) is 19.8 Å². The number of amides is 1. The maximum Gasteiger partial charge on any atom is 0.224 e. The molecule has 0 atom stereocenters. The number of hydrogen-bond donors (Lipinski definition) is 1. The smallest absolute Gasteiger partial charge is 0.224 e. The molecule has 0 radical (unpaired) electrons. The number of benzene rings is 2. The predicted molar refractivity (Wildman–Crippen MR) is 99.4 cm³/mol. The summed E-state index contributed by atoms with van der Waals surface area (Å²) >= 11 is 0. The van der Waals surface area contributed by atoms with Crippen LogP contribution in [-0.2, 0) is 4.79 Å². The lowest BCUT2D eigenvalue weighted by molar-refractivity contribution is -0.116. The first-order valence-electron chi connectivity index (χ1n) is 8.29. The first-order valence-corrected chi connectivity index (χ1v) is 8.29. The van der Waals surface area contributed by atoms with E-state index in [1.54, 1.807) is 56.7 Å². The van der Waals surface area contributed by atoms with E-state index in [-0.39, 0.29) is 11.7 Å². The molecule has 0 bridgehead atoms. The summed E-state index contributed by atoms with van der Waals surface area (Å²) in [6, 6.07) is 12.2. The molecule has 0 saturated carbocycles. The quantitative estimate of drug-likeness (QED) is 0.547. The minimum Gasteiger partial charge on any atom is -0.494 e. The number of Topliss-reactive ketones (excluding diaryl/α,β-unsaturated/α-hetero) is 1. The molecular formula is C20H23NO5. The molecule has 1 N–H and O–H groups in total. The Morgan fingerprint density at radius 1 is 0.962 bits per heavy atom. The van der Waals surface area contributed by atoms with E-state index in [9.17, 15) is 9.59 Å². The summed E-state index contributed by atoms with van der Waals surface area (Å²) in [5.74, 6) is 1.75. The Balaban J connectivity index is 1.76. The lowest BCUT2D eigenvalue weighted by Crippen LogP contribution is -2.13. The van der Waals surface area contributed by atoms with Crippen LogP contribution in [-0.4, -0.2) is 32.5 Å². The minimum absolute atomic E-state index is 0.0170. The molecule has 138 valence electrons. The summed E-state index contributed by atoms with van der Waals surface area (Å²) in [6.07, 6.45) is 0.910. The van der Waals surface area contributed by atoms with Crippen LogP contribution < -0.4 is 19.5 Å². The summed E-state index contributed by atoms with van der Waals surface area (Å²) < 4.78 is 16.0. The maximum atomic E-state index is 12.0. The summed E-state index contributed by atoms with van der Waals surface area (Å²) in [4.78, 5) is 23.2. The van der Waals surface area contributed by atoms with Crippen LogP contribution >= 0.6 is 0 Å². The zero-order chi connectivity index (χ0) is 18.9. The monoisotopic (exact) mass is 357 g/mol. The highest BCUT2D eigenvalue weighted by Gasteiger charge is 2.07. The van der Waals surface area contributed by atoms with E-state index in [1.807, 2.05) is 0 Å². The first kappa shape index (κ1) is 19.3. The second-order valence-electron chi connectivity index (χ2n) is 5.65. The van der Waals surface area contributed by atoms with Crippen molar-refractivity contribution < 1.29 is 23.8 Å². The Bertz CT molecular complexity index is 755. The van der Waals surface area contributed by atoms with E-state index < -0.39 is 0 Å². The van der Waals surface area contributed by atoms with Crippen molar-refractivity contribution in [2.75, 3.05) is 26.1 Å². The number of anilines is 1. The van der Waals surface area contributed by atoms with Gasteiger partial charge in [-0.3, -0.25) is 9.59 Å².